The lowest BCUT2D eigenvalue weighted by molar-refractivity contribution is 0.0737. The number of hydrogen-bond donors (Lipinski definition) is 2. The predicted octanol–water partition coefficient (Wildman–Crippen LogP) is 0.820. The van der Waals surface area contributed by atoms with Gasteiger partial charge in [0.25, 0.3) is 0 Å². The monoisotopic (exact) mass is 311 g/mol. The summed E-state index contributed by atoms with van der Waals surface area (Å²) in [6, 6.07) is 6.21. The topological polar surface area (TPSA) is 75.6 Å². The Morgan fingerprint density at radius 1 is 1.33 bits per heavy atom. The molecule has 0 aromatic heterocycles. The van der Waals surface area contributed by atoms with Crippen LogP contribution in [0, 0.1) is 0 Å². The van der Waals surface area contributed by atoms with Crippen molar-refractivity contribution < 1.29 is 18.3 Å². The molecular weight excluding hydrogens is 290 g/mol. The van der Waals surface area contributed by atoms with Gasteiger partial charge in [0, 0.05) is 6.04 Å². The number of sulfone groups is 1. The quantitative estimate of drug-likeness (QED) is 0.864. The normalized spacial score (nSPS) is 30.9. The Hall–Kier alpha value is -1.11. The summed E-state index contributed by atoms with van der Waals surface area (Å²) < 4.78 is 28.8. The Balaban J connectivity index is 1.81. The summed E-state index contributed by atoms with van der Waals surface area (Å²) in [5, 5.41) is 13.1. The summed E-state index contributed by atoms with van der Waals surface area (Å²) in [5.74, 6) is 0.319. The zero-order valence-electron chi connectivity index (χ0n) is 12.1. The van der Waals surface area contributed by atoms with Crippen LogP contribution in [0.15, 0.2) is 18.2 Å². The molecule has 1 saturated heterocycles. The molecule has 1 fully saturated rings. The van der Waals surface area contributed by atoms with E-state index in [0.717, 1.165) is 19.3 Å². The summed E-state index contributed by atoms with van der Waals surface area (Å²) >= 11 is 0. The van der Waals surface area contributed by atoms with Crippen LogP contribution in [0.2, 0.25) is 0 Å². The van der Waals surface area contributed by atoms with E-state index in [0.29, 0.717) is 11.8 Å². The average molecular weight is 311 g/mol. The first-order valence-electron chi connectivity index (χ1n) is 7.34. The lowest BCUT2D eigenvalue weighted by Gasteiger charge is -2.26. The summed E-state index contributed by atoms with van der Waals surface area (Å²) in [6.45, 7) is 0. The number of aliphatic hydroxyl groups is 1. The molecule has 5 nitrogen and oxygen atoms in total. The number of nitrogens with one attached hydrogen (secondary N) is 1. The fourth-order valence-electron chi connectivity index (χ4n) is 3.23. The second-order valence-corrected chi connectivity index (χ2v) is 8.05. The highest BCUT2D eigenvalue weighted by molar-refractivity contribution is 7.91. The van der Waals surface area contributed by atoms with Crippen molar-refractivity contribution in [3.05, 3.63) is 29.3 Å². The van der Waals surface area contributed by atoms with Gasteiger partial charge in [0.15, 0.2) is 9.84 Å². The van der Waals surface area contributed by atoms with Crippen LogP contribution in [0.3, 0.4) is 0 Å². The molecule has 1 aromatic carbocycles. The third-order valence-corrected chi connectivity index (χ3v) is 6.03. The fraction of sp³-hybridized carbons (Fsp3) is 0.600. The molecule has 1 aliphatic carbocycles. The van der Waals surface area contributed by atoms with Crippen molar-refractivity contribution in [3.63, 3.8) is 0 Å². The van der Waals surface area contributed by atoms with Crippen molar-refractivity contribution in [1.29, 1.82) is 0 Å². The van der Waals surface area contributed by atoms with Gasteiger partial charge in [0.1, 0.15) is 18.0 Å². The highest BCUT2D eigenvalue weighted by Gasteiger charge is 2.38. The standard InChI is InChI=1S/C15H21NO4S/c1-16-13-4-2-3-10-5-6-11(7-12(10)13)20-15-9-21(18,19)8-14(15)17/h5-7,13-17H,2-4,8-9H2,1H3. The number of fused-ring (bicyclic) bond motifs is 1. The van der Waals surface area contributed by atoms with Crippen LogP contribution in [-0.4, -0.2) is 44.3 Å². The molecule has 0 spiro atoms. The Morgan fingerprint density at radius 3 is 2.81 bits per heavy atom. The Bertz CT molecular complexity index is 629. The first kappa shape index (κ1) is 14.8. The third kappa shape index (κ3) is 3.07. The van der Waals surface area contributed by atoms with Crippen LogP contribution >= 0.6 is 0 Å². The zero-order chi connectivity index (χ0) is 15.0. The van der Waals surface area contributed by atoms with E-state index in [4.69, 9.17) is 4.74 Å². The molecule has 6 heteroatoms. The van der Waals surface area contributed by atoms with Crippen molar-refractivity contribution in [2.75, 3.05) is 18.6 Å². The second-order valence-electron chi connectivity index (χ2n) is 5.89. The Labute approximate surface area is 125 Å². The first-order chi connectivity index (χ1) is 9.98. The molecule has 3 unspecified atom stereocenters. The van der Waals surface area contributed by atoms with E-state index >= 15 is 0 Å². The van der Waals surface area contributed by atoms with E-state index in [2.05, 4.69) is 5.32 Å². The molecule has 1 heterocycles. The smallest absolute Gasteiger partial charge is 0.156 e. The largest absolute Gasteiger partial charge is 0.487 e. The maximum atomic E-state index is 11.5. The van der Waals surface area contributed by atoms with Gasteiger partial charge < -0.3 is 15.2 Å². The van der Waals surface area contributed by atoms with Crippen LogP contribution in [0.4, 0.5) is 0 Å². The van der Waals surface area contributed by atoms with Crippen molar-refractivity contribution in [3.8, 4) is 5.75 Å². The molecule has 0 amide bonds. The summed E-state index contributed by atoms with van der Waals surface area (Å²) in [5.41, 5.74) is 2.53. The van der Waals surface area contributed by atoms with Crippen LogP contribution < -0.4 is 10.1 Å². The van der Waals surface area contributed by atoms with E-state index in [1.54, 1.807) is 0 Å². The Kier molecular flexibility index (Phi) is 3.94. The molecule has 0 radical (unpaired) electrons. The van der Waals surface area contributed by atoms with Crippen molar-refractivity contribution in [1.82, 2.24) is 5.32 Å². The third-order valence-electron chi connectivity index (χ3n) is 4.34. The SMILES string of the molecule is CNC1CCCc2ccc(OC3CS(=O)(=O)CC3O)cc21. The summed E-state index contributed by atoms with van der Waals surface area (Å²) in [4.78, 5) is 0. The zero-order valence-corrected chi connectivity index (χ0v) is 12.9. The van der Waals surface area contributed by atoms with Crippen molar-refractivity contribution in [2.45, 2.75) is 37.5 Å². The van der Waals surface area contributed by atoms with E-state index in [-0.39, 0.29) is 11.5 Å². The van der Waals surface area contributed by atoms with E-state index in [1.807, 2.05) is 25.2 Å². The van der Waals surface area contributed by atoms with Crippen LogP contribution in [0.25, 0.3) is 0 Å². The van der Waals surface area contributed by atoms with Crippen molar-refractivity contribution in [2.24, 2.45) is 0 Å². The van der Waals surface area contributed by atoms with Gasteiger partial charge >= 0.3 is 0 Å². The van der Waals surface area contributed by atoms with Crippen molar-refractivity contribution >= 4 is 9.84 Å². The van der Waals surface area contributed by atoms with Gasteiger partial charge in [-0.15, -0.1) is 0 Å². The molecule has 0 bridgehead atoms. The average Bonchev–Trinajstić information content (AvgIpc) is 2.70. The van der Waals surface area contributed by atoms with Gasteiger partial charge in [-0.05, 0) is 49.6 Å². The molecule has 2 aliphatic rings. The van der Waals surface area contributed by atoms with Crippen LogP contribution in [-0.2, 0) is 16.3 Å². The summed E-state index contributed by atoms with van der Waals surface area (Å²) in [7, 11) is -1.24. The summed E-state index contributed by atoms with van der Waals surface area (Å²) in [6.07, 6.45) is 1.72. The molecule has 21 heavy (non-hydrogen) atoms. The van der Waals surface area contributed by atoms with Gasteiger partial charge in [0.05, 0.1) is 11.5 Å². The first-order valence-corrected chi connectivity index (χ1v) is 9.16. The second kappa shape index (κ2) is 5.59. The fourth-order valence-corrected chi connectivity index (χ4v) is 4.90. The Morgan fingerprint density at radius 2 is 2.14 bits per heavy atom. The van der Waals surface area contributed by atoms with Gasteiger partial charge in [-0.1, -0.05) is 6.07 Å². The van der Waals surface area contributed by atoms with Gasteiger partial charge in [-0.3, -0.25) is 0 Å². The maximum absolute atomic E-state index is 11.5. The molecule has 1 aromatic rings. The minimum atomic E-state index is -3.18. The number of aryl methyl sites for hydroxylation is 1. The van der Waals surface area contributed by atoms with Crippen LogP contribution in [0.5, 0.6) is 5.75 Å². The van der Waals surface area contributed by atoms with Gasteiger partial charge in [-0.2, -0.15) is 0 Å². The minimum absolute atomic E-state index is 0.110. The van der Waals surface area contributed by atoms with E-state index < -0.39 is 22.0 Å². The number of ether oxygens (including phenoxy) is 1. The lowest BCUT2D eigenvalue weighted by Crippen LogP contribution is -2.30. The molecule has 3 atom stereocenters. The number of rotatable bonds is 3. The van der Waals surface area contributed by atoms with E-state index in [9.17, 15) is 13.5 Å². The number of hydrogen-bond acceptors (Lipinski definition) is 5. The molecule has 1 aliphatic heterocycles. The predicted molar refractivity (Wildman–Crippen MR) is 80.3 cm³/mol. The molecule has 0 saturated carbocycles. The number of aliphatic hydroxyl groups excluding tert-OH is 1. The molecule has 116 valence electrons. The maximum Gasteiger partial charge on any atom is 0.156 e. The highest BCUT2D eigenvalue weighted by Crippen LogP contribution is 2.33. The minimum Gasteiger partial charge on any atom is -0.487 e. The van der Waals surface area contributed by atoms with Crippen LogP contribution in [0.1, 0.15) is 30.0 Å². The molecule has 3 rings (SSSR count). The van der Waals surface area contributed by atoms with Gasteiger partial charge in [-0.25, -0.2) is 8.42 Å². The highest BCUT2D eigenvalue weighted by atomic mass is 32.2. The van der Waals surface area contributed by atoms with E-state index in [1.165, 1.54) is 11.1 Å². The molecular formula is C15H21NO4S. The number of benzene rings is 1. The van der Waals surface area contributed by atoms with Gasteiger partial charge in [0.2, 0.25) is 0 Å². The molecule has 2 N–H and O–H groups in total. The lowest BCUT2D eigenvalue weighted by atomic mass is 9.87.